The molecule has 1 N–H and O–H groups in total. The average molecular weight is 609 g/mol. The Kier molecular flexibility index (Phi) is 7.04. The molecule has 0 spiro atoms. The summed E-state index contributed by atoms with van der Waals surface area (Å²) in [6.07, 6.45) is 0. The number of morpholine rings is 1. The van der Waals surface area contributed by atoms with Gasteiger partial charge in [0.1, 0.15) is 11.4 Å². The summed E-state index contributed by atoms with van der Waals surface area (Å²) in [5, 5.41) is 11.9. The molecule has 0 bridgehead atoms. The number of pyridine rings is 1. The molecule has 1 amide bonds. The topological polar surface area (TPSA) is 97.5 Å². The SMILES string of the molecule is Cc1nc(C)c(-c2ccc3cc(-c4c(-c5ccccc5)c5sc(C(=O)O)cc5n4CC(=O)N4CCOCC4)ccc3n2)s1. The van der Waals surface area contributed by atoms with E-state index in [1.54, 1.807) is 17.4 Å². The van der Waals surface area contributed by atoms with Crippen LogP contribution < -0.4 is 0 Å². The number of nitrogens with zero attached hydrogens (tertiary/aromatic N) is 4. The summed E-state index contributed by atoms with van der Waals surface area (Å²) in [6, 6.07) is 21.9. The van der Waals surface area contributed by atoms with Gasteiger partial charge in [0.05, 0.1) is 55.9 Å². The van der Waals surface area contributed by atoms with Crippen LogP contribution in [0.5, 0.6) is 0 Å². The van der Waals surface area contributed by atoms with E-state index in [2.05, 4.69) is 17.1 Å². The van der Waals surface area contributed by atoms with Crippen molar-refractivity contribution in [3.8, 4) is 33.0 Å². The molecule has 0 radical (unpaired) electrons. The van der Waals surface area contributed by atoms with E-state index in [0.717, 1.165) is 64.8 Å². The summed E-state index contributed by atoms with van der Waals surface area (Å²) >= 11 is 2.88. The number of aryl methyl sites for hydroxylation is 2. The third-order valence-electron chi connectivity index (χ3n) is 7.77. The van der Waals surface area contributed by atoms with Crippen LogP contribution in [0.2, 0.25) is 0 Å². The molecule has 1 fully saturated rings. The molecule has 0 aliphatic carbocycles. The van der Waals surface area contributed by atoms with Gasteiger partial charge in [-0.1, -0.05) is 42.5 Å². The molecule has 2 aromatic carbocycles. The summed E-state index contributed by atoms with van der Waals surface area (Å²) in [7, 11) is 0. The molecule has 5 heterocycles. The quantitative estimate of drug-likeness (QED) is 0.221. The van der Waals surface area contributed by atoms with Crippen LogP contribution in [0.25, 0.3) is 54.1 Å². The Labute approximate surface area is 255 Å². The fraction of sp³-hybridized carbons (Fsp3) is 0.212. The van der Waals surface area contributed by atoms with Gasteiger partial charge in [0, 0.05) is 24.0 Å². The second kappa shape index (κ2) is 11.0. The van der Waals surface area contributed by atoms with Crippen molar-refractivity contribution in [3.05, 3.63) is 82.3 Å². The molecule has 10 heteroatoms. The Bertz CT molecular complexity index is 2020. The van der Waals surface area contributed by atoms with Gasteiger partial charge in [-0.05, 0) is 49.2 Å². The first-order valence-corrected chi connectivity index (χ1v) is 15.7. The summed E-state index contributed by atoms with van der Waals surface area (Å²) in [5.74, 6) is -1.00. The van der Waals surface area contributed by atoms with Crippen LogP contribution in [-0.4, -0.2) is 62.7 Å². The van der Waals surface area contributed by atoms with E-state index in [-0.39, 0.29) is 17.3 Å². The Balaban J connectivity index is 1.42. The third-order valence-corrected chi connectivity index (χ3v) is 9.99. The van der Waals surface area contributed by atoms with Crippen molar-refractivity contribution >= 4 is 55.7 Å². The van der Waals surface area contributed by atoms with Gasteiger partial charge >= 0.3 is 5.97 Å². The van der Waals surface area contributed by atoms with Gasteiger partial charge < -0.3 is 19.3 Å². The number of hydrogen-bond donors (Lipinski definition) is 1. The van der Waals surface area contributed by atoms with Gasteiger partial charge in [-0.2, -0.15) is 0 Å². The molecule has 1 aliphatic rings. The van der Waals surface area contributed by atoms with Crippen LogP contribution in [-0.2, 0) is 16.1 Å². The Morgan fingerprint density at radius 1 is 0.930 bits per heavy atom. The number of ether oxygens (including phenoxy) is 1. The number of thiazole rings is 1. The van der Waals surface area contributed by atoms with Gasteiger partial charge in [0.25, 0.3) is 0 Å². The number of thiophene rings is 1. The van der Waals surface area contributed by atoms with Crippen molar-refractivity contribution < 1.29 is 19.4 Å². The maximum absolute atomic E-state index is 13.6. The minimum absolute atomic E-state index is 0.0218. The number of rotatable bonds is 6. The third kappa shape index (κ3) is 5.01. The van der Waals surface area contributed by atoms with E-state index in [0.29, 0.717) is 26.3 Å². The molecule has 4 aromatic heterocycles. The number of aromatic carboxylic acids is 1. The van der Waals surface area contributed by atoms with Crippen LogP contribution in [0.1, 0.15) is 20.4 Å². The Morgan fingerprint density at radius 3 is 2.44 bits per heavy atom. The summed E-state index contributed by atoms with van der Waals surface area (Å²) in [6.45, 7) is 6.20. The molecule has 216 valence electrons. The van der Waals surface area contributed by atoms with Crippen molar-refractivity contribution in [1.82, 2.24) is 19.4 Å². The number of carbonyl (C=O) groups is 2. The number of amides is 1. The zero-order valence-corrected chi connectivity index (χ0v) is 25.3. The zero-order chi connectivity index (χ0) is 29.7. The number of aromatic nitrogens is 3. The summed E-state index contributed by atoms with van der Waals surface area (Å²) < 4.78 is 8.30. The number of fused-ring (bicyclic) bond motifs is 2. The highest BCUT2D eigenvalue weighted by molar-refractivity contribution is 7.21. The summed E-state index contributed by atoms with van der Waals surface area (Å²) in [5.41, 5.74) is 7.17. The first-order valence-electron chi connectivity index (χ1n) is 14.0. The maximum Gasteiger partial charge on any atom is 0.345 e. The van der Waals surface area contributed by atoms with Crippen molar-refractivity contribution in [2.45, 2.75) is 20.4 Å². The van der Waals surface area contributed by atoms with E-state index in [9.17, 15) is 14.7 Å². The molecular weight excluding hydrogens is 581 g/mol. The lowest BCUT2D eigenvalue weighted by atomic mass is 10.00. The van der Waals surface area contributed by atoms with Crippen LogP contribution in [0.15, 0.2) is 66.7 Å². The molecule has 1 saturated heterocycles. The molecule has 8 nitrogen and oxygen atoms in total. The van der Waals surface area contributed by atoms with E-state index in [1.807, 2.05) is 71.8 Å². The van der Waals surface area contributed by atoms with Gasteiger partial charge in [-0.25, -0.2) is 14.8 Å². The number of carbonyl (C=O) groups excluding carboxylic acids is 1. The minimum Gasteiger partial charge on any atom is -0.477 e. The van der Waals surface area contributed by atoms with Crippen molar-refractivity contribution in [2.75, 3.05) is 26.3 Å². The monoisotopic (exact) mass is 608 g/mol. The van der Waals surface area contributed by atoms with Crippen molar-refractivity contribution in [2.24, 2.45) is 0 Å². The van der Waals surface area contributed by atoms with Crippen LogP contribution >= 0.6 is 22.7 Å². The average Bonchev–Trinajstić information content (AvgIpc) is 3.69. The molecule has 6 aromatic rings. The van der Waals surface area contributed by atoms with E-state index in [1.165, 1.54) is 11.3 Å². The van der Waals surface area contributed by atoms with Crippen LogP contribution in [0, 0.1) is 13.8 Å². The lowest BCUT2D eigenvalue weighted by molar-refractivity contribution is -0.135. The molecule has 0 atom stereocenters. The second-order valence-corrected chi connectivity index (χ2v) is 12.8. The Hall–Kier alpha value is -4.38. The largest absolute Gasteiger partial charge is 0.477 e. The molecule has 0 saturated carbocycles. The smallest absolute Gasteiger partial charge is 0.345 e. The van der Waals surface area contributed by atoms with Crippen molar-refractivity contribution in [1.29, 1.82) is 0 Å². The number of carboxylic acids is 1. The summed E-state index contributed by atoms with van der Waals surface area (Å²) in [4.78, 5) is 38.3. The van der Waals surface area contributed by atoms with E-state index < -0.39 is 5.97 Å². The standard InChI is InChI=1S/C33H28N4O4S2/c1-19-31(42-20(2)34-19)25-11-8-22-16-23(9-10-24(22)35-25)30-29(21-6-4-3-5-7-21)32-26(17-27(43-32)33(39)40)37(30)18-28(38)36-12-14-41-15-13-36/h3-11,16-17H,12-15,18H2,1-2H3,(H,39,40). The van der Waals surface area contributed by atoms with E-state index in [4.69, 9.17) is 9.72 Å². The highest BCUT2D eigenvalue weighted by Gasteiger charge is 2.27. The second-order valence-electron chi connectivity index (χ2n) is 10.6. The number of carboxylic acid groups (broad SMARTS) is 1. The Morgan fingerprint density at radius 2 is 1.72 bits per heavy atom. The molecule has 1 aliphatic heterocycles. The lowest BCUT2D eigenvalue weighted by Crippen LogP contribution is -2.42. The fourth-order valence-corrected chi connectivity index (χ4v) is 7.74. The van der Waals surface area contributed by atoms with Gasteiger partial charge in [-0.15, -0.1) is 22.7 Å². The normalized spacial score (nSPS) is 13.7. The van der Waals surface area contributed by atoms with E-state index >= 15 is 0 Å². The predicted octanol–water partition coefficient (Wildman–Crippen LogP) is 6.88. The predicted molar refractivity (Wildman–Crippen MR) is 171 cm³/mol. The maximum atomic E-state index is 13.6. The molecule has 0 unspecified atom stereocenters. The lowest BCUT2D eigenvalue weighted by Gasteiger charge is -2.27. The zero-order valence-electron chi connectivity index (χ0n) is 23.7. The van der Waals surface area contributed by atoms with Crippen LogP contribution in [0.4, 0.5) is 0 Å². The fourth-order valence-electron chi connectivity index (χ4n) is 5.78. The van der Waals surface area contributed by atoms with Crippen molar-refractivity contribution in [3.63, 3.8) is 0 Å². The molecule has 7 rings (SSSR count). The highest BCUT2D eigenvalue weighted by atomic mass is 32.1. The van der Waals surface area contributed by atoms with Crippen LogP contribution in [0.3, 0.4) is 0 Å². The number of benzene rings is 2. The number of hydrogen-bond acceptors (Lipinski definition) is 7. The highest BCUT2D eigenvalue weighted by Crippen LogP contribution is 2.45. The first kappa shape index (κ1) is 27.5. The molecule has 43 heavy (non-hydrogen) atoms. The van der Waals surface area contributed by atoms with Gasteiger partial charge in [0.2, 0.25) is 5.91 Å². The van der Waals surface area contributed by atoms with Gasteiger partial charge in [-0.3, -0.25) is 4.79 Å². The molecular formula is C33H28N4O4S2. The first-order chi connectivity index (χ1) is 20.9. The minimum atomic E-state index is -0.980. The van der Waals surface area contributed by atoms with Gasteiger partial charge in [0.15, 0.2) is 0 Å².